The summed E-state index contributed by atoms with van der Waals surface area (Å²) >= 11 is 1.54. The highest BCUT2D eigenvalue weighted by Crippen LogP contribution is 2.40. The van der Waals surface area contributed by atoms with E-state index >= 15 is 0 Å². The van der Waals surface area contributed by atoms with E-state index in [1.54, 1.807) is 6.20 Å². The van der Waals surface area contributed by atoms with Gasteiger partial charge < -0.3 is 20.1 Å². The topological polar surface area (TPSA) is 73.3 Å². The second-order valence-electron chi connectivity index (χ2n) is 5.73. The number of ether oxygens (including phenoxy) is 1. The van der Waals surface area contributed by atoms with Gasteiger partial charge in [0.05, 0.1) is 21.9 Å². The van der Waals surface area contributed by atoms with Gasteiger partial charge in [0.25, 0.3) is 0 Å². The second-order valence-corrected chi connectivity index (χ2v) is 6.76. The number of nitrogens with zero attached hydrogens (tertiary/aromatic N) is 2. The molecule has 122 valence electrons. The van der Waals surface area contributed by atoms with Crippen molar-refractivity contribution < 1.29 is 9.84 Å². The highest BCUT2D eigenvalue weighted by molar-refractivity contribution is 7.21. The molecule has 0 bridgehead atoms. The molecule has 3 rings (SSSR count). The van der Waals surface area contributed by atoms with Gasteiger partial charge in [0.15, 0.2) is 0 Å². The monoisotopic (exact) mass is 331 g/mol. The highest BCUT2D eigenvalue weighted by Gasteiger charge is 2.18. The second kappa shape index (κ2) is 6.60. The highest BCUT2D eigenvalue weighted by atomic mass is 32.1. The molecule has 0 aliphatic rings. The number of aromatic nitrogens is 2. The molecule has 0 atom stereocenters. The van der Waals surface area contributed by atoms with E-state index in [1.807, 2.05) is 42.7 Å². The Kier molecular flexibility index (Phi) is 4.54. The fraction of sp³-hybridized carbons (Fsp3) is 0.353. The Bertz CT molecular complexity index is 774. The molecule has 5 nitrogen and oxygen atoms in total. The number of hydrogen-bond donors (Lipinski definition) is 2. The molecule has 3 aromatic rings. The summed E-state index contributed by atoms with van der Waals surface area (Å²) in [6, 6.07) is 7.91. The molecule has 6 heteroatoms. The number of aryl methyl sites for hydroxylation is 1. The van der Waals surface area contributed by atoms with Crippen molar-refractivity contribution in [1.82, 2.24) is 9.55 Å². The van der Waals surface area contributed by atoms with Gasteiger partial charge in [-0.2, -0.15) is 0 Å². The molecule has 23 heavy (non-hydrogen) atoms. The van der Waals surface area contributed by atoms with Crippen LogP contribution in [0.4, 0.5) is 5.82 Å². The zero-order valence-electron chi connectivity index (χ0n) is 13.3. The molecule has 0 radical (unpaired) electrons. The summed E-state index contributed by atoms with van der Waals surface area (Å²) in [7, 11) is 0. The fourth-order valence-electron chi connectivity index (χ4n) is 2.49. The molecule has 0 aliphatic carbocycles. The van der Waals surface area contributed by atoms with Crippen molar-refractivity contribution in [2.45, 2.75) is 32.9 Å². The zero-order valence-corrected chi connectivity index (χ0v) is 14.1. The van der Waals surface area contributed by atoms with Crippen LogP contribution in [0.5, 0.6) is 5.75 Å². The van der Waals surface area contributed by atoms with Crippen molar-refractivity contribution >= 4 is 27.4 Å². The van der Waals surface area contributed by atoms with Crippen molar-refractivity contribution in [3.05, 3.63) is 30.5 Å². The third-order valence-corrected chi connectivity index (χ3v) is 4.66. The summed E-state index contributed by atoms with van der Waals surface area (Å²) in [5.41, 5.74) is 7.77. The summed E-state index contributed by atoms with van der Waals surface area (Å²) in [5, 5.41) is 11.0. The number of thiazole rings is 1. The Morgan fingerprint density at radius 1 is 1.35 bits per heavy atom. The fourth-order valence-corrected chi connectivity index (χ4v) is 3.52. The quantitative estimate of drug-likeness (QED) is 0.673. The van der Waals surface area contributed by atoms with E-state index in [9.17, 15) is 5.11 Å². The molecule has 2 aromatic heterocycles. The molecule has 1 aromatic carbocycles. The lowest BCUT2D eigenvalue weighted by atomic mass is 10.3. The third kappa shape index (κ3) is 3.33. The van der Waals surface area contributed by atoms with Crippen molar-refractivity contribution in [3.63, 3.8) is 0 Å². The SMILES string of the molecule is CC(C)OCCCn1cc(O)c(-c2nc3ccccc3s2)c1N. The lowest BCUT2D eigenvalue weighted by Crippen LogP contribution is -2.08. The molecule has 0 fully saturated rings. The normalized spacial score (nSPS) is 11.6. The third-order valence-electron chi connectivity index (χ3n) is 3.60. The van der Waals surface area contributed by atoms with Crippen LogP contribution in [-0.2, 0) is 11.3 Å². The zero-order chi connectivity index (χ0) is 16.4. The number of anilines is 1. The largest absolute Gasteiger partial charge is 0.506 e. The first-order chi connectivity index (χ1) is 11.1. The maximum Gasteiger partial charge on any atom is 0.145 e. The van der Waals surface area contributed by atoms with Crippen molar-refractivity contribution in [2.75, 3.05) is 12.3 Å². The Morgan fingerprint density at radius 2 is 2.13 bits per heavy atom. The van der Waals surface area contributed by atoms with Crippen LogP contribution in [0.15, 0.2) is 30.5 Å². The van der Waals surface area contributed by atoms with Crippen LogP contribution in [0.25, 0.3) is 20.8 Å². The molecule has 0 unspecified atom stereocenters. The average Bonchev–Trinajstić information content (AvgIpc) is 3.04. The van der Waals surface area contributed by atoms with Gasteiger partial charge in [0.2, 0.25) is 0 Å². The summed E-state index contributed by atoms with van der Waals surface area (Å²) in [4.78, 5) is 4.58. The summed E-state index contributed by atoms with van der Waals surface area (Å²) in [6.45, 7) is 5.41. The van der Waals surface area contributed by atoms with Crippen LogP contribution in [0.2, 0.25) is 0 Å². The predicted octanol–water partition coefficient (Wildman–Crippen LogP) is 3.87. The van der Waals surface area contributed by atoms with E-state index < -0.39 is 0 Å². The van der Waals surface area contributed by atoms with E-state index in [1.165, 1.54) is 11.3 Å². The van der Waals surface area contributed by atoms with Gasteiger partial charge in [-0.15, -0.1) is 11.3 Å². The molecule has 0 spiro atoms. The van der Waals surface area contributed by atoms with E-state index in [4.69, 9.17) is 10.5 Å². The van der Waals surface area contributed by atoms with E-state index in [2.05, 4.69) is 4.98 Å². The maximum absolute atomic E-state index is 10.3. The predicted molar refractivity (Wildman–Crippen MR) is 94.8 cm³/mol. The molecule has 2 heterocycles. The summed E-state index contributed by atoms with van der Waals surface area (Å²) < 4.78 is 8.48. The lowest BCUT2D eigenvalue weighted by Gasteiger charge is -2.09. The van der Waals surface area contributed by atoms with Crippen LogP contribution in [0.3, 0.4) is 0 Å². The summed E-state index contributed by atoms with van der Waals surface area (Å²) in [6.07, 6.45) is 2.74. The van der Waals surface area contributed by atoms with Crippen LogP contribution < -0.4 is 5.73 Å². The Morgan fingerprint density at radius 3 is 2.87 bits per heavy atom. The number of para-hydroxylation sites is 1. The standard InChI is InChI=1S/C17H21N3O2S/c1-11(2)22-9-5-8-20-10-13(21)15(16(20)18)17-19-12-6-3-4-7-14(12)23-17/h3-4,6-7,10-11,21H,5,8-9,18H2,1-2H3. The first-order valence-electron chi connectivity index (χ1n) is 7.71. The molecule has 0 saturated heterocycles. The summed E-state index contributed by atoms with van der Waals surface area (Å²) in [5.74, 6) is 0.720. The van der Waals surface area contributed by atoms with Gasteiger partial charge in [0, 0.05) is 19.3 Å². The van der Waals surface area contributed by atoms with Crippen LogP contribution in [-0.4, -0.2) is 27.4 Å². The minimum Gasteiger partial charge on any atom is -0.506 e. The molecule has 0 saturated carbocycles. The number of rotatable bonds is 6. The van der Waals surface area contributed by atoms with Crippen LogP contribution >= 0.6 is 11.3 Å². The minimum absolute atomic E-state index is 0.173. The minimum atomic E-state index is 0.173. The van der Waals surface area contributed by atoms with Crippen LogP contribution in [0.1, 0.15) is 20.3 Å². The van der Waals surface area contributed by atoms with Crippen molar-refractivity contribution in [1.29, 1.82) is 0 Å². The van der Waals surface area contributed by atoms with Gasteiger partial charge in [-0.3, -0.25) is 0 Å². The molecule has 0 aliphatic heterocycles. The Hall–Kier alpha value is -2.05. The molecular formula is C17H21N3O2S. The van der Waals surface area contributed by atoms with Gasteiger partial charge in [0.1, 0.15) is 16.6 Å². The first-order valence-corrected chi connectivity index (χ1v) is 8.53. The van der Waals surface area contributed by atoms with Gasteiger partial charge in [-0.1, -0.05) is 12.1 Å². The van der Waals surface area contributed by atoms with Crippen molar-refractivity contribution in [3.8, 4) is 16.3 Å². The smallest absolute Gasteiger partial charge is 0.145 e. The number of nitrogen functional groups attached to an aromatic ring is 1. The average molecular weight is 331 g/mol. The van der Waals surface area contributed by atoms with Crippen molar-refractivity contribution in [2.24, 2.45) is 0 Å². The van der Waals surface area contributed by atoms with E-state index in [0.29, 0.717) is 24.5 Å². The number of aromatic hydroxyl groups is 1. The van der Waals surface area contributed by atoms with Gasteiger partial charge in [-0.05, 0) is 32.4 Å². The molecular weight excluding hydrogens is 310 g/mol. The maximum atomic E-state index is 10.3. The van der Waals surface area contributed by atoms with E-state index in [0.717, 1.165) is 21.6 Å². The Balaban J connectivity index is 1.82. The molecule has 0 amide bonds. The van der Waals surface area contributed by atoms with E-state index in [-0.39, 0.29) is 11.9 Å². The number of fused-ring (bicyclic) bond motifs is 1. The lowest BCUT2D eigenvalue weighted by molar-refractivity contribution is 0.0749. The number of nitrogens with two attached hydrogens (primary N) is 1. The van der Waals surface area contributed by atoms with Gasteiger partial charge >= 0.3 is 0 Å². The van der Waals surface area contributed by atoms with Crippen LogP contribution in [0, 0.1) is 0 Å². The molecule has 3 N–H and O–H groups in total. The van der Waals surface area contributed by atoms with Gasteiger partial charge in [-0.25, -0.2) is 4.98 Å². The number of hydrogen-bond acceptors (Lipinski definition) is 5. The first kappa shape index (κ1) is 15.8. The number of benzene rings is 1. The Labute approximate surface area is 139 Å².